The number of carbonyl (C=O) groups excluding carboxylic acids is 1. The fourth-order valence-corrected chi connectivity index (χ4v) is 2.23. The number of fused-ring (bicyclic) bond motifs is 1. The molecule has 0 aliphatic heterocycles. The van der Waals surface area contributed by atoms with Crippen LogP contribution in [0.1, 0.15) is 21.7 Å². The average Bonchev–Trinajstić information content (AvgIpc) is 2.85. The van der Waals surface area contributed by atoms with Gasteiger partial charge in [0.25, 0.3) is 0 Å². The molecule has 3 rings (SSSR count). The summed E-state index contributed by atoms with van der Waals surface area (Å²) in [5, 5.41) is 0.939. The Hall–Kier alpha value is -2.79. The van der Waals surface area contributed by atoms with Crippen LogP contribution in [0.15, 0.2) is 52.9 Å². The number of hydrazine groups is 1. The molecule has 0 aliphatic carbocycles. The molecule has 1 aromatic heterocycles. The van der Waals surface area contributed by atoms with Crippen LogP contribution in [0, 0.1) is 13.8 Å². The van der Waals surface area contributed by atoms with E-state index in [4.69, 9.17) is 9.25 Å². The summed E-state index contributed by atoms with van der Waals surface area (Å²) in [5.41, 5.74) is 7.50. The fraction of sp³-hybridized carbons (Fsp3) is 0.118. The summed E-state index contributed by atoms with van der Waals surface area (Å²) in [7, 11) is 0. The monoisotopic (exact) mass is 296 g/mol. The van der Waals surface area contributed by atoms with Crippen molar-refractivity contribution in [3.8, 4) is 5.75 Å². The number of hydrogen-bond acceptors (Lipinski definition) is 4. The molecule has 1 heterocycles. The SMILES string of the molecule is Cc1ccc2oc(C(=O)NNOc3ccccc3)c(C)c2c1. The van der Waals surface area contributed by atoms with Crippen molar-refractivity contribution < 1.29 is 14.0 Å². The van der Waals surface area contributed by atoms with Crippen molar-refractivity contribution in [2.24, 2.45) is 0 Å². The summed E-state index contributed by atoms with van der Waals surface area (Å²) in [6.45, 7) is 3.86. The third kappa shape index (κ3) is 2.80. The first-order valence-corrected chi connectivity index (χ1v) is 6.92. The summed E-state index contributed by atoms with van der Waals surface area (Å²) in [6.07, 6.45) is 0. The molecule has 112 valence electrons. The molecule has 0 aliphatic rings. The molecule has 0 atom stereocenters. The molecule has 2 N–H and O–H groups in total. The van der Waals surface area contributed by atoms with Crippen LogP contribution in [0.5, 0.6) is 5.75 Å². The third-order valence-corrected chi connectivity index (χ3v) is 3.37. The lowest BCUT2D eigenvalue weighted by Crippen LogP contribution is -2.39. The highest BCUT2D eigenvalue weighted by Gasteiger charge is 2.17. The zero-order chi connectivity index (χ0) is 15.5. The maximum atomic E-state index is 12.2. The number of benzene rings is 2. The van der Waals surface area contributed by atoms with E-state index in [0.29, 0.717) is 11.3 Å². The zero-order valence-electron chi connectivity index (χ0n) is 12.3. The van der Waals surface area contributed by atoms with Gasteiger partial charge in [0, 0.05) is 10.9 Å². The molecule has 2 aromatic carbocycles. The largest absolute Gasteiger partial charge is 0.451 e. The smallest absolute Gasteiger partial charge is 0.303 e. The average molecular weight is 296 g/mol. The summed E-state index contributed by atoms with van der Waals surface area (Å²) in [4.78, 5) is 17.4. The van der Waals surface area contributed by atoms with Crippen molar-refractivity contribution in [1.29, 1.82) is 0 Å². The molecule has 5 heteroatoms. The summed E-state index contributed by atoms with van der Waals surface area (Å²) < 4.78 is 5.61. The van der Waals surface area contributed by atoms with Gasteiger partial charge in [-0.3, -0.25) is 10.2 Å². The summed E-state index contributed by atoms with van der Waals surface area (Å²) in [6, 6.07) is 14.9. The van der Waals surface area contributed by atoms with Crippen molar-refractivity contribution in [1.82, 2.24) is 11.0 Å². The molecule has 0 spiro atoms. The second-order valence-corrected chi connectivity index (χ2v) is 5.03. The number of amides is 1. The van der Waals surface area contributed by atoms with Crippen LogP contribution in [0.4, 0.5) is 0 Å². The number of aryl methyl sites for hydroxylation is 2. The van der Waals surface area contributed by atoms with Crippen molar-refractivity contribution >= 4 is 16.9 Å². The molecule has 5 nitrogen and oxygen atoms in total. The van der Waals surface area contributed by atoms with Crippen LogP contribution >= 0.6 is 0 Å². The van der Waals surface area contributed by atoms with Gasteiger partial charge in [-0.25, -0.2) is 0 Å². The van der Waals surface area contributed by atoms with Crippen LogP contribution in [-0.4, -0.2) is 5.91 Å². The number of rotatable bonds is 4. The predicted molar refractivity (Wildman–Crippen MR) is 83.4 cm³/mol. The Labute approximate surface area is 127 Å². The highest BCUT2D eigenvalue weighted by Crippen LogP contribution is 2.25. The Morgan fingerprint density at radius 2 is 1.86 bits per heavy atom. The van der Waals surface area contributed by atoms with E-state index in [2.05, 4.69) is 11.0 Å². The van der Waals surface area contributed by atoms with Crippen molar-refractivity contribution in [2.45, 2.75) is 13.8 Å². The molecule has 0 unspecified atom stereocenters. The minimum absolute atomic E-state index is 0.268. The molecular weight excluding hydrogens is 280 g/mol. The van der Waals surface area contributed by atoms with E-state index in [9.17, 15) is 4.79 Å². The van der Waals surface area contributed by atoms with E-state index in [1.807, 2.05) is 50.2 Å². The fourth-order valence-electron chi connectivity index (χ4n) is 2.23. The molecule has 0 saturated carbocycles. The Morgan fingerprint density at radius 3 is 2.64 bits per heavy atom. The lowest BCUT2D eigenvalue weighted by atomic mass is 10.1. The van der Waals surface area contributed by atoms with Gasteiger partial charge in [-0.05, 0) is 38.1 Å². The second-order valence-electron chi connectivity index (χ2n) is 5.03. The summed E-state index contributed by atoms with van der Waals surface area (Å²) in [5.74, 6) is 0.479. The van der Waals surface area contributed by atoms with Crippen LogP contribution in [0.3, 0.4) is 0 Å². The van der Waals surface area contributed by atoms with E-state index < -0.39 is 0 Å². The van der Waals surface area contributed by atoms with E-state index in [1.54, 1.807) is 12.1 Å². The van der Waals surface area contributed by atoms with Gasteiger partial charge in [-0.1, -0.05) is 35.4 Å². The maximum Gasteiger partial charge on any atom is 0.303 e. The maximum absolute atomic E-state index is 12.2. The van der Waals surface area contributed by atoms with E-state index >= 15 is 0 Å². The van der Waals surface area contributed by atoms with Crippen LogP contribution in [-0.2, 0) is 0 Å². The van der Waals surface area contributed by atoms with E-state index in [1.165, 1.54) is 0 Å². The molecule has 0 bridgehead atoms. The molecule has 0 saturated heterocycles. The molecule has 22 heavy (non-hydrogen) atoms. The Kier molecular flexibility index (Phi) is 3.80. The second kappa shape index (κ2) is 5.91. The highest BCUT2D eigenvalue weighted by molar-refractivity contribution is 5.98. The topological polar surface area (TPSA) is 63.5 Å². The third-order valence-electron chi connectivity index (χ3n) is 3.37. The first kappa shape index (κ1) is 14.2. The van der Waals surface area contributed by atoms with Gasteiger partial charge in [-0.2, -0.15) is 0 Å². The van der Waals surface area contributed by atoms with E-state index in [-0.39, 0.29) is 11.7 Å². The van der Waals surface area contributed by atoms with Gasteiger partial charge >= 0.3 is 5.91 Å². The Bertz CT molecular complexity index is 809. The van der Waals surface area contributed by atoms with Crippen LogP contribution in [0.25, 0.3) is 11.0 Å². The lowest BCUT2D eigenvalue weighted by Gasteiger charge is -2.07. The molecule has 0 radical (unpaired) electrons. The molecule has 0 fully saturated rings. The Balaban J connectivity index is 1.71. The van der Waals surface area contributed by atoms with Crippen LogP contribution < -0.4 is 15.9 Å². The molecule has 3 aromatic rings. The van der Waals surface area contributed by atoms with Gasteiger partial charge in [-0.15, -0.1) is 0 Å². The lowest BCUT2D eigenvalue weighted by molar-refractivity contribution is 0.0767. The minimum Gasteiger partial charge on any atom is -0.451 e. The van der Waals surface area contributed by atoms with Gasteiger partial charge < -0.3 is 9.25 Å². The van der Waals surface area contributed by atoms with Gasteiger partial charge in [0.2, 0.25) is 0 Å². The number of hydrogen-bond donors (Lipinski definition) is 2. The highest BCUT2D eigenvalue weighted by atomic mass is 16.7. The quantitative estimate of drug-likeness (QED) is 0.725. The molecule has 1 amide bonds. The number of para-hydroxylation sites is 1. The van der Waals surface area contributed by atoms with Gasteiger partial charge in [0.05, 0.1) is 0 Å². The molecular formula is C17H16N2O3. The van der Waals surface area contributed by atoms with Gasteiger partial charge in [0.1, 0.15) is 11.3 Å². The first-order valence-electron chi connectivity index (χ1n) is 6.92. The van der Waals surface area contributed by atoms with Crippen molar-refractivity contribution in [3.05, 3.63) is 65.4 Å². The predicted octanol–water partition coefficient (Wildman–Crippen LogP) is 3.28. The minimum atomic E-state index is -0.387. The standard InChI is InChI=1S/C17H16N2O3/c1-11-8-9-15-14(10-11)12(2)16(21-15)17(20)18-19-22-13-6-4-3-5-7-13/h3-10,19H,1-2H3,(H,18,20). The number of furan rings is 1. The normalized spacial score (nSPS) is 10.6. The van der Waals surface area contributed by atoms with Gasteiger partial charge in [0.15, 0.2) is 5.76 Å². The summed E-state index contributed by atoms with van der Waals surface area (Å²) >= 11 is 0. The van der Waals surface area contributed by atoms with Crippen LogP contribution in [0.2, 0.25) is 0 Å². The first-order chi connectivity index (χ1) is 10.6. The zero-order valence-corrected chi connectivity index (χ0v) is 12.3. The van der Waals surface area contributed by atoms with Crippen molar-refractivity contribution in [3.63, 3.8) is 0 Å². The number of nitrogens with one attached hydrogen (secondary N) is 2. The number of carbonyl (C=O) groups is 1. The van der Waals surface area contributed by atoms with Crippen molar-refractivity contribution in [2.75, 3.05) is 0 Å². The Morgan fingerprint density at radius 1 is 1.09 bits per heavy atom. The van der Waals surface area contributed by atoms with E-state index in [0.717, 1.165) is 16.5 Å².